The number of rotatable bonds is 2. The Morgan fingerprint density at radius 3 is 3.06 bits per heavy atom. The quantitative estimate of drug-likeness (QED) is 0.819. The Hall–Kier alpha value is -1.35. The Labute approximate surface area is 95.5 Å². The molecular weight excluding hydrogens is 200 g/mol. The van der Waals surface area contributed by atoms with Gasteiger partial charge >= 0.3 is 0 Å². The summed E-state index contributed by atoms with van der Waals surface area (Å²) in [5, 5.41) is 3.48. The van der Waals surface area contributed by atoms with Crippen molar-refractivity contribution >= 4 is 5.57 Å². The number of allylic oxidation sites excluding steroid dienone is 1. The van der Waals surface area contributed by atoms with Crippen molar-refractivity contribution in [3.63, 3.8) is 0 Å². The number of ether oxygens (including phenoxy) is 1. The fraction of sp³-hybridized carbons (Fsp3) is 0.462. The van der Waals surface area contributed by atoms with Crippen LogP contribution >= 0.6 is 0 Å². The highest BCUT2D eigenvalue weighted by Gasteiger charge is 2.32. The minimum Gasteiger partial charge on any atom is -0.495 e. The summed E-state index contributed by atoms with van der Waals surface area (Å²) in [6.07, 6.45) is 8.35. The van der Waals surface area contributed by atoms with Crippen molar-refractivity contribution in [3.05, 3.63) is 30.1 Å². The monoisotopic (exact) mass is 216 g/mol. The van der Waals surface area contributed by atoms with E-state index >= 15 is 0 Å². The molecule has 2 heterocycles. The smallest absolute Gasteiger partial charge is 0.137 e. The highest BCUT2D eigenvalue weighted by Crippen LogP contribution is 2.34. The van der Waals surface area contributed by atoms with Crippen LogP contribution in [-0.4, -0.2) is 24.7 Å². The average molecular weight is 216 g/mol. The van der Waals surface area contributed by atoms with Gasteiger partial charge in [0.15, 0.2) is 0 Å². The Morgan fingerprint density at radius 2 is 2.38 bits per heavy atom. The van der Waals surface area contributed by atoms with Gasteiger partial charge in [-0.2, -0.15) is 0 Å². The standard InChI is InChI=1S/C13H16N2O/c1-16-12-4-11(6-14-8-12)9-2-3-10-7-15-13(10)5-9/h2,4,6,8,10,13,15H,3,5,7H2,1H3/t10-,13-/m1/s1. The second-order valence-electron chi connectivity index (χ2n) is 4.56. The molecule has 2 aliphatic rings. The van der Waals surface area contributed by atoms with Crippen molar-refractivity contribution in [1.29, 1.82) is 0 Å². The zero-order valence-corrected chi connectivity index (χ0v) is 9.44. The maximum absolute atomic E-state index is 5.20. The summed E-state index contributed by atoms with van der Waals surface area (Å²) in [5.41, 5.74) is 2.60. The first kappa shape index (κ1) is 9.85. The average Bonchev–Trinajstić information content (AvgIpc) is 2.31. The minimum atomic E-state index is 0.686. The number of fused-ring (bicyclic) bond motifs is 1. The largest absolute Gasteiger partial charge is 0.495 e. The third-order valence-electron chi connectivity index (χ3n) is 3.64. The first-order valence-electron chi connectivity index (χ1n) is 5.78. The summed E-state index contributed by atoms with van der Waals surface area (Å²) in [6, 6.07) is 2.75. The third kappa shape index (κ3) is 1.61. The summed E-state index contributed by atoms with van der Waals surface area (Å²) in [4.78, 5) is 4.21. The number of nitrogens with one attached hydrogen (secondary N) is 1. The number of methoxy groups -OCH3 is 1. The van der Waals surface area contributed by atoms with Crippen molar-refractivity contribution in [2.75, 3.05) is 13.7 Å². The topological polar surface area (TPSA) is 34.1 Å². The normalized spacial score (nSPS) is 27.7. The van der Waals surface area contributed by atoms with Gasteiger partial charge in [-0.3, -0.25) is 4.98 Å². The van der Waals surface area contributed by atoms with Crippen LogP contribution in [-0.2, 0) is 0 Å². The summed E-state index contributed by atoms with van der Waals surface area (Å²) in [7, 11) is 1.68. The highest BCUT2D eigenvalue weighted by molar-refractivity contribution is 5.67. The van der Waals surface area contributed by atoms with Crippen LogP contribution in [0.3, 0.4) is 0 Å². The SMILES string of the molecule is COc1cncc(C2=CC[C@@H]3CN[C@@H]3C2)c1. The van der Waals surface area contributed by atoms with E-state index in [0.29, 0.717) is 6.04 Å². The molecule has 3 rings (SSSR count). The van der Waals surface area contributed by atoms with Crippen LogP contribution in [0.2, 0.25) is 0 Å². The van der Waals surface area contributed by atoms with Crippen LogP contribution in [0.25, 0.3) is 5.57 Å². The highest BCUT2D eigenvalue weighted by atomic mass is 16.5. The maximum atomic E-state index is 5.20. The zero-order chi connectivity index (χ0) is 11.0. The van der Waals surface area contributed by atoms with E-state index in [0.717, 1.165) is 18.1 Å². The summed E-state index contributed by atoms with van der Waals surface area (Å²) in [6.45, 7) is 1.19. The number of pyridine rings is 1. The van der Waals surface area contributed by atoms with E-state index in [-0.39, 0.29) is 0 Å². The number of hydrogen-bond acceptors (Lipinski definition) is 3. The van der Waals surface area contributed by atoms with Gasteiger partial charge < -0.3 is 10.1 Å². The lowest BCUT2D eigenvalue weighted by Crippen LogP contribution is -2.53. The molecule has 1 aromatic rings. The molecule has 16 heavy (non-hydrogen) atoms. The zero-order valence-electron chi connectivity index (χ0n) is 9.44. The van der Waals surface area contributed by atoms with E-state index in [1.54, 1.807) is 13.3 Å². The molecule has 0 amide bonds. The van der Waals surface area contributed by atoms with Crippen LogP contribution in [0.4, 0.5) is 0 Å². The minimum absolute atomic E-state index is 0.686. The van der Waals surface area contributed by atoms with Crippen LogP contribution < -0.4 is 10.1 Å². The van der Waals surface area contributed by atoms with Gasteiger partial charge in [0.05, 0.1) is 13.3 Å². The lowest BCUT2D eigenvalue weighted by atomic mass is 9.78. The molecule has 1 N–H and O–H groups in total. The number of aromatic nitrogens is 1. The van der Waals surface area contributed by atoms with Crippen molar-refractivity contribution in [1.82, 2.24) is 10.3 Å². The van der Waals surface area contributed by atoms with E-state index in [9.17, 15) is 0 Å². The first-order valence-corrected chi connectivity index (χ1v) is 5.78. The Morgan fingerprint density at radius 1 is 1.44 bits per heavy atom. The van der Waals surface area contributed by atoms with Gasteiger partial charge in [-0.15, -0.1) is 0 Å². The number of hydrogen-bond donors (Lipinski definition) is 1. The molecule has 3 heteroatoms. The molecule has 0 unspecified atom stereocenters. The molecule has 1 fully saturated rings. The maximum Gasteiger partial charge on any atom is 0.137 e. The van der Waals surface area contributed by atoms with Crippen molar-refractivity contribution < 1.29 is 4.74 Å². The summed E-state index contributed by atoms with van der Waals surface area (Å²) < 4.78 is 5.20. The molecule has 0 radical (unpaired) electrons. The van der Waals surface area contributed by atoms with Crippen LogP contribution in [0, 0.1) is 5.92 Å². The van der Waals surface area contributed by atoms with E-state index in [4.69, 9.17) is 4.74 Å². The Balaban J connectivity index is 1.85. The Kier molecular flexibility index (Phi) is 2.40. The molecule has 0 saturated carbocycles. The fourth-order valence-electron chi connectivity index (χ4n) is 2.49. The summed E-state index contributed by atoms with van der Waals surface area (Å²) >= 11 is 0. The van der Waals surface area contributed by atoms with Crippen molar-refractivity contribution in [3.8, 4) is 5.75 Å². The molecular formula is C13H16N2O. The molecule has 1 aromatic heterocycles. The van der Waals surface area contributed by atoms with Crippen LogP contribution in [0.1, 0.15) is 18.4 Å². The molecule has 3 nitrogen and oxygen atoms in total. The molecule has 0 aromatic carbocycles. The second kappa shape index (κ2) is 3.91. The van der Waals surface area contributed by atoms with E-state index in [1.807, 2.05) is 6.20 Å². The predicted molar refractivity (Wildman–Crippen MR) is 63.3 cm³/mol. The molecule has 84 valence electrons. The van der Waals surface area contributed by atoms with Gasteiger partial charge in [0.1, 0.15) is 5.75 Å². The molecule has 1 aliphatic carbocycles. The van der Waals surface area contributed by atoms with Gasteiger partial charge in [-0.05, 0) is 36.0 Å². The summed E-state index contributed by atoms with van der Waals surface area (Å²) in [5.74, 6) is 1.70. The number of nitrogens with zero attached hydrogens (tertiary/aromatic N) is 1. The van der Waals surface area contributed by atoms with Crippen molar-refractivity contribution in [2.24, 2.45) is 5.92 Å². The molecule has 0 bridgehead atoms. The van der Waals surface area contributed by atoms with Gasteiger partial charge in [0, 0.05) is 18.8 Å². The van der Waals surface area contributed by atoms with Crippen LogP contribution in [0.5, 0.6) is 5.75 Å². The van der Waals surface area contributed by atoms with Gasteiger partial charge in [-0.1, -0.05) is 6.08 Å². The predicted octanol–water partition coefficient (Wildman–Crippen LogP) is 1.86. The molecule has 1 aliphatic heterocycles. The third-order valence-corrected chi connectivity index (χ3v) is 3.64. The fourth-order valence-corrected chi connectivity index (χ4v) is 2.49. The first-order chi connectivity index (χ1) is 7.86. The molecule has 1 saturated heterocycles. The van der Waals surface area contributed by atoms with Crippen molar-refractivity contribution in [2.45, 2.75) is 18.9 Å². The lowest BCUT2D eigenvalue weighted by molar-refractivity contribution is 0.230. The van der Waals surface area contributed by atoms with Crippen LogP contribution in [0.15, 0.2) is 24.5 Å². The Bertz CT molecular complexity index is 428. The second-order valence-corrected chi connectivity index (χ2v) is 4.56. The van der Waals surface area contributed by atoms with E-state index in [1.165, 1.54) is 24.1 Å². The lowest BCUT2D eigenvalue weighted by Gasteiger charge is -2.41. The van der Waals surface area contributed by atoms with Gasteiger partial charge in [-0.25, -0.2) is 0 Å². The van der Waals surface area contributed by atoms with Gasteiger partial charge in [0.25, 0.3) is 0 Å². The van der Waals surface area contributed by atoms with Gasteiger partial charge in [0.2, 0.25) is 0 Å². The van der Waals surface area contributed by atoms with E-state index in [2.05, 4.69) is 22.4 Å². The molecule has 2 atom stereocenters. The molecule has 0 spiro atoms. The van der Waals surface area contributed by atoms with E-state index < -0.39 is 0 Å².